The zero-order valence-electron chi connectivity index (χ0n) is 61.6. The van der Waals surface area contributed by atoms with Gasteiger partial charge in [0, 0.05) is 25.7 Å². The summed E-state index contributed by atoms with van der Waals surface area (Å²) in [5.41, 5.74) is 0. The van der Waals surface area contributed by atoms with E-state index in [1.54, 1.807) is 0 Å². The Morgan fingerprint density at radius 1 is 0.347 bits per heavy atom. The van der Waals surface area contributed by atoms with E-state index in [1.807, 2.05) is 0 Å². The number of unbranched alkanes of at least 4 members (excludes halogenated alkanes) is 36. The first kappa shape index (κ1) is 92.5. The number of ether oxygens (including phenoxy) is 4. The molecule has 3 N–H and O–H groups in total. The van der Waals surface area contributed by atoms with Gasteiger partial charge in [0.2, 0.25) is 0 Å². The Labute approximate surface area is 580 Å². The molecule has 17 nitrogen and oxygen atoms in total. The highest BCUT2D eigenvalue weighted by Gasteiger charge is 2.30. The number of aliphatic hydroxyl groups is 1. The van der Waals surface area contributed by atoms with Gasteiger partial charge in [-0.05, 0) is 69.1 Å². The fourth-order valence-electron chi connectivity index (χ4n) is 11.0. The van der Waals surface area contributed by atoms with Crippen molar-refractivity contribution in [1.82, 2.24) is 0 Å². The molecule has 0 aromatic heterocycles. The summed E-state index contributed by atoms with van der Waals surface area (Å²) in [6, 6.07) is 0. The molecule has 0 aromatic rings. The molecule has 0 aliphatic rings. The van der Waals surface area contributed by atoms with Crippen LogP contribution in [-0.4, -0.2) is 96.7 Å². The summed E-state index contributed by atoms with van der Waals surface area (Å²) < 4.78 is 68.4. The number of allylic oxidation sites excluding steroid dienone is 4. The molecule has 0 fully saturated rings. The molecular weight excluding hydrogens is 1250 g/mol. The van der Waals surface area contributed by atoms with E-state index < -0.39 is 97.5 Å². The van der Waals surface area contributed by atoms with Crippen LogP contribution in [0.4, 0.5) is 0 Å². The maximum absolute atomic E-state index is 13.1. The van der Waals surface area contributed by atoms with Crippen LogP contribution in [0.25, 0.3) is 0 Å². The molecule has 0 bridgehead atoms. The van der Waals surface area contributed by atoms with Gasteiger partial charge in [-0.15, -0.1) is 0 Å². The lowest BCUT2D eigenvalue weighted by Gasteiger charge is -2.21. The number of hydrogen-bond acceptors (Lipinski definition) is 15. The molecule has 0 rings (SSSR count). The van der Waals surface area contributed by atoms with Crippen LogP contribution >= 0.6 is 15.6 Å². The lowest BCUT2D eigenvalue weighted by atomic mass is 10.00. The average Bonchev–Trinajstić information content (AvgIpc) is 1.54. The third-order valence-corrected chi connectivity index (χ3v) is 19.3. The van der Waals surface area contributed by atoms with E-state index in [9.17, 15) is 43.2 Å². The summed E-state index contributed by atoms with van der Waals surface area (Å²) in [6.45, 7) is 11.7. The topological polar surface area (TPSA) is 237 Å². The van der Waals surface area contributed by atoms with E-state index in [-0.39, 0.29) is 25.7 Å². The normalized spacial score (nSPS) is 14.5. The van der Waals surface area contributed by atoms with Crippen molar-refractivity contribution < 1.29 is 80.2 Å². The predicted octanol–water partition coefficient (Wildman–Crippen LogP) is 21.7. The minimum atomic E-state index is -4.97. The van der Waals surface area contributed by atoms with Crippen molar-refractivity contribution in [3.8, 4) is 0 Å². The first-order valence-corrected chi connectivity index (χ1v) is 41.7. The predicted molar refractivity (Wildman–Crippen MR) is 386 cm³/mol. The first-order chi connectivity index (χ1) is 45.8. The third-order valence-electron chi connectivity index (χ3n) is 17.4. The second kappa shape index (κ2) is 66.1. The second-order valence-corrected chi connectivity index (χ2v) is 30.8. The molecule has 6 atom stereocenters. The highest BCUT2D eigenvalue weighted by Crippen LogP contribution is 2.45. The Kier molecular flexibility index (Phi) is 64.4. The highest BCUT2D eigenvalue weighted by atomic mass is 31.2. The lowest BCUT2D eigenvalue weighted by molar-refractivity contribution is -0.161. The van der Waals surface area contributed by atoms with Gasteiger partial charge in [0.15, 0.2) is 12.2 Å². The molecular formula is C76H144O17P2. The van der Waals surface area contributed by atoms with Gasteiger partial charge in [0.25, 0.3) is 0 Å². The molecule has 0 spiro atoms. The van der Waals surface area contributed by atoms with Crippen LogP contribution in [0.1, 0.15) is 363 Å². The molecule has 95 heavy (non-hydrogen) atoms. The lowest BCUT2D eigenvalue weighted by Crippen LogP contribution is -2.30. The molecule has 19 heteroatoms. The van der Waals surface area contributed by atoms with Gasteiger partial charge in [0.1, 0.15) is 19.3 Å². The van der Waals surface area contributed by atoms with Crippen LogP contribution in [-0.2, 0) is 65.4 Å². The molecule has 0 saturated carbocycles. The molecule has 0 amide bonds. The van der Waals surface area contributed by atoms with Crippen molar-refractivity contribution in [2.75, 3.05) is 39.6 Å². The van der Waals surface area contributed by atoms with E-state index in [0.29, 0.717) is 31.6 Å². The molecule has 0 saturated heterocycles. The first-order valence-electron chi connectivity index (χ1n) is 38.7. The number of aliphatic hydroxyl groups excluding tert-OH is 1. The van der Waals surface area contributed by atoms with E-state index in [1.165, 1.54) is 154 Å². The van der Waals surface area contributed by atoms with Crippen LogP contribution in [0.15, 0.2) is 24.3 Å². The summed E-state index contributed by atoms with van der Waals surface area (Å²) >= 11 is 0. The quantitative estimate of drug-likeness (QED) is 0.0169. The molecule has 0 aliphatic carbocycles. The smallest absolute Gasteiger partial charge is 0.462 e. The molecule has 0 aliphatic heterocycles. The fraction of sp³-hybridized carbons (Fsp3) is 0.895. The summed E-state index contributed by atoms with van der Waals surface area (Å²) in [5, 5.41) is 10.6. The molecule has 0 aromatic carbocycles. The van der Waals surface area contributed by atoms with Gasteiger partial charge >= 0.3 is 39.5 Å². The summed E-state index contributed by atoms with van der Waals surface area (Å²) in [5.74, 6) is 0.0624. The van der Waals surface area contributed by atoms with Crippen LogP contribution in [0, 0.1) is 17.8 Å². The molecule has 0 heterocycles. The zero-order valence-corrected chi connectivity index (χ0v) is 63.4. The number of hydrogen-bond donors (Lipinski definition) is 3. The van der Waals surface area contributed by atoms with Crippen LogP contribution in [0.2, 0.25) is 0 Å². The zero-order chi connectivity index (χ0) is 70.1. The van der Waals surface area contributed by atoms with Crippen molar-refractivity contribution >= 4 is 39.5 Å². The maximum Gasteiger partial charge on any atom is 0.472 e. The Hall–Kier alpha value is -2.46. The van der Waals surface area contributed by atoms with E-state index >= 15 is 0 Å². The van der Waals surface area contributed by atoms with Crippen molar-refractivity contribution in [2.45, 2.75) is 381 Å². The largest absolute Gasteiger partial charge is 0.472 e. The number of rotatable bonds is 72. The van der Waals surface area contributed by atoms with Crippen LogP contribution < -0.4 is 0 Å². The molecule has 3 unspecified atom stereocenters. The molecule has 560 valence electrons. The van der Waals surface area contributed by atoms with Gasteiger partial charge < -0.3 is 33.8 Å². The summed E-state index contributed by atoms with van der Waals surface area (Å²) in [4.78, 5) is 72.7. The van der Waals surface area contributed by atoms with Crippen molar-refractivity contribution in [2.24, 2.45) is 17.8 Å². The van der Waals surface area contributed by atoms with E-state index in [4.69, 9.17) is 37.0 Å². The second-order valence-electron chi connectivity index (χ2n) is 27.9. The van der Waals surface area contributed by atoms with Crippen molar-refractivity contribution in [3.05, 3.63) is 24.3 Å². The van der Waals surface area contributed by atoms with Crippen LogP contribution in [0.5, 0.6) is 0 Å². The van der Waals surface area contributed by atoms with Crippen LogP contribution in [0.3, 0.4) is 0 Å². The number of phosphoric acid groups is 2. The summed E-state index contributed by atoms with van der Waals surface area (Å²) in [7, 11) is -9.92. The Balaban J connectivity index is 5.21. The number of carbonyl (C=O) groups is 4. The standard InChI is InChI=1S/C76H144O17P2/c1-8-10-11-12-13-14-15-16-21-26-29-32-35-45-52-59-75(80)92-71(63-86-73(78)57-50-43-34-31-28-25-23-20-18-17-19-22-24-27-30-33-40-47-54-67(3)4)65-90-94(82,83)88-61-70(77)62-89-95(84,85)91-66-72(64-87-74(79)58-51-44-38-36-41-48-55-68(5)6)93-76(81)60-53-46-39-37-42-49-56-69(7)9-2/h14-16,21,67-72,77H,8-13,17-20,22-66H2,1-7H3,(H,82,83)(H,84,85)/b15-14-,21-16-/t69?,70-,71-,72-/m1/s1. The number of carbonyl (C=O) groups excluding carboxylic acids is 4. The Morgan fingerprint density at radius 3 is 0.937 bits per heavy atom. The van der Waals surface area contributed by atoms with Gasteiger partial charge in [-0.25, -0.2) is 9.13 Å². The minimum absolute atomic E-state index is 0.0849. The van der Waals surface area contributed by atoms with Gasteiger partial charge in [0.05, 0.1) is 26.4 Å². The maximum atomic E-state index is 13.1. The monoisotopic (exact) mass is 1390 g/mol. The van der Waals surface area contributed by atoms with Gasteiger partial charge in [-0.3, -0.25) is 37.3 Å². The SMILES string of the molecule is CCCCCC/C=C\C=C/CCCCCCCC(=O)O[C@H](COC(=O)CCCCCCCCCCCCCCCCCCCCC(C)C)COP(=O)(O)OC[C@@H](O)COP(=O)(O)OC[C@@H](COC(=O)CCCCCCCCC(C)C)OC(=O)CCCCCCCCC(C)CC. The van der Waals surface area contributed by atoms with E-state index in [2.05, 4.69) is 72.8 Å². The summed E-state index contributed by atoms with van der Waals surface area (Å²) in [6.07, 6.45) is 55.3. The Bertz CT molecular complexity index is 1950. The highest BCUT2D eigenvalue weighted by molar-refractivity contribution is 7.47. The molecule has 0 radical (unpaired) electrons. The van der Waals surface area contributed by atoms with Crippen molar-refractivity contribution in [3.63, 3.8) is 0 Å². The third kappa shape index (κ3) is 68.5. The number of phosphoric ester groups is 2. The minimum Gasteiger partial charge on any atom is -0.462 e. The fourth-order valence-corrected chi connectivity index (χ4v) is 12.6. The average molecular weight is 1390 g/mol. The van der Waals surface area contributed by atoms with Gasteiger partial charge in [-0.1, -0.05) is 310 Å². The van der Waals surface area contributed by atoms with E-state index in [0.717, 1.165) is 121 Å². The van der Waals surface area contributed by atoms with Crippen molar-refractivity contribution in [1.29, 1.82) is 0 Å². The van der Waals surface area contributed by atoms with Gasteiger partial charge in [-0.2, -0.15) is 0 Å². The Morgan fingerprint density at radius 2 is 0.621 bits per heavy atom. The number of esters is 4.